The van der Waals surface area contributed by atoms with Gasteiger partial charge in [0.15, 0.2) is 0 Å². The van der Waals surface area contributed by atoms with E-state index in [4.69, 9.17) is 0 Å². The van der Waals surface area contributed by atoms with Crippen LogP contribution in [-0.4, -0.2) is 23.2 Å². The molecule has 0 bridgehead atoms. The molecule has 0 aromatic carbocycles. The summed E-state index contributed by atoms with van der Waals surface area (Å²) in [6.07, 6.45) is 3.82. The molecule has 1 fully saturated rings. The van der Waals surface area contributed by atoms with Gasteiger partial charge in [0.05, 0.1) is 11.0 Å². The standard InChI is InChI=1S/C16H23NO2S/c1-9-4-5-11-10(6-9)7-12(20-11)15(19)17-13-8-14(18)16(13,2)3/h7,9,13-14,18H,4-6,8H2,1-3H3,(H,17,19). The summed E-state index contributed by atoms with van der Waals surface area (Å²) >= 11 is 1.65. The first-order valence-corrected chi connectivity index (χ1v) is 8.30. The summed E-state index contributed by atoms with van der Waals surface area (Å²) in [6, 6.07) is 2.16. The third kappa shape index (κ3) is 2.29. The second-order valence-corrected chi connectivity index (χ2v) is 8.14. The SMILES string of the molecule is CC1CCc2sc(C(=O)NC3CC(O)C3(C)C)cc2C1. The van der Waals surface area contributed by atoms with Gasteiger partial charge in [-0.3, -0.25) is 4.79 Å². The van der Waals surface area contributed by atoms with Gasteiger partial charge in [0.2, 0.25) is 0 Å². The lowest BCUT2D eigenvalue weighted by molar-refractivity contribution is -0.0689. The molecule has 4 heteroatoms. The van der Waals surface area contributed by atoms with Crippen LogP contribution >= 0.6 is 11.3 Å². The Morgan fingerprint density at radius 1 is 1.50 bits per heavy atom. The highest BCUT2D eigenvalue weighted by Gasteiger charge is 2.48. The highest BCUT2D eigenvalue weighted by molar-refractivity contribution is 7.14. The number of thiophene rings is 1. The average molecular weight is 293 g/mol. The maximum absolute atomic E-state index is 12.4. The van der Waals surface area contributed by atoms with Crippen molar-refractivity contribution >= 4 is 17.2 Å². The van der Waals surface area contributed by atoms with Crippen LogP contribution in [0.25, 0.3) is 0 Å². The molecule has 2 N–H and O–H groups in total. The van der Waals surface area contributed by atoms with Crippen molar-refractivity contribution in [2.24, 2.45) is 11.3 Å². The summed E-state index contributed by atoms with van der Waals surface area (Å²) in [4.78, 5) is 14.6. The van der Waals surface area contributed by atoms with Gasteiger partial charge in [-0.2, -0.15) is 0 Å². The van der Waals surface area contributed by atoms with Crippen molar-refractivity contribution < 1.29 is 9.90 Å². The third-order valence-electron chi connectivity index (χ3n) is 5.07. The number of fused-ring (bicyclic) bond motifs is 1. The molecule has 0 saturated heterocycles. The summed E-state index contributed by atoms with van der Waals surface area (Å²) in [5, 5.41) is 12.8. The van der Waals surface area contributed by atoms with Crippen molar-refractivity contribution in [3.05, 3.63) is 21.4 Å². The van der Waals surface area contributed by atoms with Crippen molar-refractivity contribution in [3.63, 3.8) is 0 Å². The molecule has 2 aliphatic rings. The normalized spacial score (nSPS) is 31.3. The topological polar surface area (TPSA) is 49.3 Å². The highest BCUT2D eigenvalue weighted by atomic mass is 32.1. The lowest BCUT2D eigenvalue weighted by Crippen LogP contribution is -2.61. The summed E-state index contributed by atoms with van der Waals surface area (Å²) in [6.45, 7) is 6.29. The molecule has 1 saturated carbocycles. The summed E-state index contributed by atoms with van der Waals surface area (Å²) < 4.78 is 0. The van der Waals surface area contributed by atoms with Gasteiger partial charge in [0.25, 0.3) is 5.91 Å². The van der Waals surface area contributed by atoms with Gasteiger partial charge in [0, 0.05) is 16.3 Å². The van der Waals surface area contributed by atoms with Crippen LogP contribution in [0.3, 0.4) is 0 Å². The zero-order valence-electron chi connectivity index (χ0n) is 12.4. The third-order valence-corrected chi connectivity index (χ3v) is 6.31. The first-order valence-electron chi connectivity index (χ1n) is 7.48. The molecule has 3 atom stereocenters. The van der Waals surface area contributed by atoms with Gasteiger partial charge in [-0.05, 0) is 43.2 Å². The summed E-state index contributed by atoms with van der Waals surface area (Å²) in [5.41, 5.74) is 1.16. The lowest BCUT2D eigenvalue weighted by Gasteiger charge is -2.49. The number of aryl methyl sites for hydroxylation is 1. The smallest absolute Gasteiger partial charge is 0.261 e. The Labute approximate surface area is 124 Å². The largest absolute Gasteiger partial charge is 0.392 e. The molecule has 0 radical (unpaired) electrons. The van der Waals surface area contributed by atoms with E-state index in [1.165, 1.54) is 16.9 Å². The second-order valence-electron chi connectivity index (χ2n) is 7.01. The number of hydrogen-bond donors (Lipinski definition) is 2. The van der Waals surface area contributed by atoms with Crippen LogP contribution in [-0.2, 0) is 12.8 Å². The quantitative estimate of drug-likeness (QED) is 0.881. The fraction of sp³-hybridized carbons (Fsp3) is 0.688. The number of aliphatic hydroxyl groups excluding tert-OH is 1. The maximum atomic E-state index is 12.4. The zero-order valence-corrected chi connectivity index (χ0v) is 13.2. The molecule has 1 heterocycles. The Morgan fingerprint density at radius 3 is 2.90 bits per heavy atom. The average Bonchev–Trinajstić information content (AvgIpc) is 2.81. The van der Waals surface area contributed by atoms with E-state index in [0.717, 1.165) is 23.6 Å². The fourth-order valence-electron chi connectivity index (χ4n) is 3.19. The minimum absolute atomic E-state index is 0.0297. The van der Waals surface area contributed by atoms with Gasteiger partial charge >= 0.3 is 0 Å². The minimum Gasteiger partial charge on any atom is -0.392 e. The van der Waals surface area contributed by atoms with Gasteiger partial charge < -0.3 is 10.4 Å². The Kier molecular flexibility index (Phi) is 3.41. The van der Waals surface area contributed by atoms with E-state index in [-0.39, 0.29) is 23.5 Å². The monoisotopic (exact) mass is 293 g/mol. The molecule has 1 amide bonds. The Morgan fingerprint density at radius 2 is 2.25 bits per heavy atom. The van der Waals surface area contributed by atoms with E-state index in [1.54, 1.807) is 11.3 Å². The first kappa shape index (κ1) is 14.1. The summed E-state index contributed by atoms with van der Waals surface area (Å²) in [5.74, 6) is 0.760. The number of aliphatic hydroxyl groups is 1. The molecule has 1 aromatic heterocycles. The van der Waals surface area contributed by atoms with Gasteiger partial charge in [-0.25, -0.2) is 0 Å². The van der Waals surface area contributed by atoms with Crippen LogP contribution in [0.5, 0.6) is 0 Å². The predicted octanol–water partition coefficient (Wildman–Crippen LogP) is 2.76. The predicted molar refractivity (Wildman–Crippen MR) is 81.2 cm³/mol. The van der Waals surface area contributed by atoms with Crippen LogP contribution in [0, 0.1) is 11.3 Å². The van der Waals surface area contributed by atoms with Crippen molar-refractivity contribution in [2.45, 2.75) is 58.6 Å². The molecule has 3 nitrogen and oxygen atoms in total. The molecule has 0 aliphatic heterocycles. The summed E-state index contributed by atoms with van der Waals surface area (Å²) in [7, 11) is 0. The number of nitrogens with one attached hydrogen (secondary N) is 1. The van der Waals surface area contributed by atoms with Gasteiger partial charge in [-0.15, -0.1) is 11.3 Å². The van der Waals surface area contributed by atoms with Gasteiger partial charge in [0.1, 0.15) is 0 Å². The minimum atomic E-state index is -0.301. The molecule has 0 spiro atoms. The van der Waals surface area contributed by atoms with Crippen molar-refractivity contribution in [1.29, 1.82) is 0 Å². The van der Waals surface area contributed by atoms with Crippen LogP contribution in [0.4, 0.5) is 0 Å². The Bertz CT molecular complexity index is 535. The van der Waals surface area contributed by atoms with E-state index < -0.39 is 0 Å². The number of carbonyl (C=O) groups is 1. The van der Waals surface area contributed by atoms with Crippen molar-refractivity contribution in [1.82, 2.24) is 5.32 Å². The lowest BCUT2D eigenvalue weighted by atomic mass is 9.64. The van der Waals surface area contributed by atoms with Gasteiger partial charge in [-0.1, -0.05) is 20.8 Å². The second kappa shape index (κ2) is 4.85. The van der Waals surface area contributed by atoms with E-state index in [9.17, 15) is 9.90 Å². The number of amides is 1. The molecule has 3 unspecified atom stereocenters. The van der Waals surface area contributed by atoms with Crippen LogP contribution in [0.15, 0.2) is 6.07 Å². The molecule has 2 aliphatic carbocycles. The van der Waals surface area contributed by atoms with Crippen molar-refractivity contribution in [3.8, 4) is 0 Å². The Balaban J connectivity index is 1.70. The number of carbonyl (C=O) groups excluding carboxylic acids is 1. The Hall–Kier alpha value is -0.870. The van der Waals surface area contributed by atoms with Crippen LogP contribution in [0.2, 0.25) is 0 Å². The zero-order chi connectivity index (χ0) is 14.5. The highest BCUT2D eigenvalue weighted by Crippen LogP contribution is 2.41. The van der Waals surface area contributed by atoms with Crippen LogP contribution in [0.1, 0.15) is 53.7 Å². The molecule has 1 aromatic rings. The van der Waals surface area contributed by atoms with E-state index >= 15 is 0 Å². The fourth-order valence-corrected chi connectivity index (χ4v) is 4.31. The number of rotatable bonds is 2. The first-order chi connectivity index (χ1) is 9.38. The molecule has 3 rings (SSSR count). The number of hydrogen-bond acceptors (Lipinski definition) is 3. The molecular formula is C16H23NO2S. The van der Waals surface area contributed by atoms with E-state index in [2.05, 4.69) is 18.3 Å². The maximum Gasteiger partial charge on any atom is 0.261 e. The van der Waals surface area contributed by atoms with E-state index in [0.29, 0.717) is 6.42 Å². The van der Waals surface area contributed by atoms with Crippen molar-refractivity contribution in [2.75, 3.05) is 0 Å². The molecule has 110 valence electrons. The molecule has 20 heavy (non-hydrogen) atoms. The molecular weight excluding hydrogens is 270 g/mol. The van der Waals surface area contributed by atoms with Crippen LogP contribution < -0.4 is 5.32 Å². The van der Waals surface area contributed by atoms with E-state index in [1.807, 2.05) is 13.8 Å².